The van der Waals surface area contributed by atoms with Crippen LogP contribution in [0.3, 0.4) is 0 Å². The Labute approximate surface area is 131 Å². The zero-order valence-electron chi connectivity index (χ0n) is 12.9. The maximum Gasteiger partial charge on any atom is 0.294 e. The van der Waals surface area contributed by atoms with E-state index in [0.717, 1.165) is 11.3 Å². The van der Waals surface area contributed by atoms with E-state index >= 15 is 0 Å². The first kappa shape index (κ1) is 15.2. The number of rotatable bonds is 2. The number of hydrogen-bond acceptors (Lipinski definition) is 2. The predicted octanol–water partition coefficient (Wildman–Crippen LogP) is 3.32. The van der Waals surface area contributed by atoms with Gasteiger partial charge in [0, 0.05) is 23.6 Å². The molecule has 0 saturated carbocycles. The van der Waals surface area contributed by atoms with E-state index in [4.69, 9.17) is 0 Å². The zero-order chi connectivity index (χ0) is 16.1. The van der Waals surface area contributed by atoms with Crippen molar-refractivity contribution in [2.75, 3.05) is 0 Å². The molecule has 0 fully saturated rings. The molecule has 0 bridgehead atoms. The van der Waals surface area contributed by atoms with Crippen molar-refractivity contribution in [3.05, 3.63) is 47.7 Å². The van der Waals surface area contributed by atoms with Crippen molar-refractivity contribution in [2.24, 2.45) is 11.3 Å². The summed E-state index contributed by atoms with van der Waals surface area (Å²) in [6.07, 6.45) is 9.12. The molecule has 0 amide bonds. The monoisotopic (exact) mass is 318 g/mol. The van der Waals surface area contributed by atoms with Gasteiger partial charge in [-0.15, -0.1) is 0 Å². The van der Waals surface area contributed by atoms with Crippen LogP contribution in [0.4, 0.5) is 5.69 Å². The summed E-state index contributed by atoms with van der Waals surface area (Å²) in [5, 5.41) is 0. The summed E-state index contributed by atoms with van der Waals surface area (Å²) in [6, 6.07) is 4.77. The van der Waals surface area contributed by atoms with Gasteiger partial charge in [-0.1, -0.05) is 32.9 Å². The van der Waals surface area contributed by atoms with E-state index in [-0.39, 0.29) is 10.3 Å². The smallest absolute Gasteiger partial charge is 0.282 e. The molecule has 1 heterocycles. The summed E-state index contributed by atoms with van der Waals surface area (Å²) in [5.74, 6) is 0.348. The fraction of sp³-hybridized carbons (Fsp3) is 0.353. The topological polar surface area (TPSA) is 57.4 Å². The summed E-state index contributed by atoms with van der Waals surface area (Å²) < 4.78 is 33.8. The fourth-order valence-electron chi connectivity index (χ4n) is 3.01. The van der Waals surface area contributed by atoms with Crippen molar-refractivity contribution < 1.29 is 17.5 Å². The van der Waals surface area contributed by atoms with Gasteiger partial charge in [0.1, 0.15) is 0 Å². The molecule has 0 radical (unpaired) electrons. The van der Waals surface area contributed by atoms with Crippen molar-refractivity contribution in [3.8, 4) is 0 Å². The lowest BCUT2D eigenvalue weighted by molar-refractivity contribution is -0.387. The molecule has 1 N–H and O–H groups in total. The summed E-state index contributed by atoms with van der Waals surface area (Å²) >= 11 is 0. The average molecular weight is 318 g/mol. The molecule has 22 heavy (non-hydrogen) atoms. The van der Waals surface area contributed by atoms with Gasteiger partial charge in [-0.2, -0.15) is 13.0 Å². The number of nitrogens with zero attached hydrogens (tertiary/aromatic N) is 1. The molecule has 2 aliphatic rings. The van der Waals surface area contributed by atoms with Crippen molar-refractivity contribution in [3.63, 3.8) is 0 Å². The van der Waals surface area contributed by atoms with Gasteiger partial charge in [-0.25, -0.2) is 0 Å². The molecular formula is C17H20NO3S+. The molecule has 116 valence electrons. The largest absolute Gasteiger partial charge is 0.294 e. The number of allylic oxidation sites excluding steroid dienone is 4. The first-order chi connectivity index (χ1) is 10.2. The van der Waals surface area contributed by atoms with Crippen LogP contribution in [0, 0.1) is 11.3 Å². The number of benzene rings is 1. The highest BCUT2D eigenvalue weighted by atomic mass is 32.2. The minimum absolute atomic E-state index is 0.0487. The summed E-state index contributed by atoms with van der Waals surface area (Å²) in [7, 11) is -4.15. The van der Waals surface area contributed by atoms with Crippen LogP contribution < -0.4 is 0 Å². The lowest BCUT2D eigenvalue weighted by atomic mass is 9.75. The first-order valence-electron chi connectivity index (χ1n) is 7.32. The summed E-state index contributed by atoms with van der Waals surface area (Å²) in [6.45, 7) is 6.62. The van der Waals surface area contributed by atoms with Crippen LogP contribution >= 0.6 is 0 Å². The molecule has 1 unspecified atom stereocenters. The van der Waals surface area contributed by atoms with Crippen molar-refractivity contribution in [1.82, 2.24) is 0 Å². The lowest BCUT2D eigenvalue weighted by Crippen LogP contribution is -2.27. The van der Waals surface area contributed by atoms with E-state index in [9.17, 15) is 13.0 Å². The van der Waals surface area contributed by atoms with Gasteiger partial charge in [0.15, 0.2) is 11.9 Å². The van der Waals surface area contributed by atoms with Crippen LogP contribution in [-0.2, 0) is 16.5 Å². The lowest BCUT2D eigenvalue weighted by Gasteiger charge is -2.30. The third-order valence-electron chi connectivity index (χ3n) is 4.73. The van der Waals surface area contributed by atoms with E-state index in [2.05, 4.69) is 49.8 Å². The second-order valence-electron chi connectivity index (χ2n) is 6.52. The van der Waals surface area contributed by atoms with E-state index in [1.54, 1.807) is 12.1 Å². The number of hydrogen-bond donors (Lipinski definition) is 1. The second-order valence-corrected chi connectivity index (χ2v) is 7.94. The molecule has 0 spiro atoms. The van der Waals surface area contributed by atoms with E-state index in [0.29, 0.717) is 12.3 Å². The Morgan fingerprint density at radius 1 is 1.32 bits per heavy atom. The quantitative estimate of drug-likeness (QED) is 0.672. The van der Waals surface area contributed by atoms with Crippen LogP contribution in [0.1, 0.15) is 26.3 Å². The van der Waals surface area contributed by atoms with Crippen LogP contribution in [0.15, 0.2) is 47.0 Å². The minimum atomic E-state index is -4.15. The van der Waals surface area contributed by atoms with Gasteiger partial charge in [0.05, 0.1) is 11.3 Å². The Hall–Kier alpha value is -1.72. The standard InChI is InChI=1S/C17H19NO3S/c1-12-15(5-4-9-17(12,2)3)18-10-8-13-11-14(22(19,20)21)6-7-16(13)18/h4-7,9-12H,8H2,1-3H3/p+1. The van der Waals surface area contributed by atoms with Gasteiger partial charge in [0.25, 0.3) is 10.1 Å². The molecule has 4 nitrogen and oxygen atoms in total. The number of fused-ring (bicyclic) bond motifs is 1. The Bertz CT molecular complexity index is 829. The zero-order valence-corrected chi connectivity index (χ0v) is 13.8. The molecule has 1 aromatic rings. The molecule has 1 atom stereocenters. The maximum absolute atomic E-state index is 11.3. The van der Waals surface area contributed by atoms with Gasteiger partial charge in [-0.05, 0) is 17.5 Å². The Morgan fingerprint density at radius 2 is 2.05 bits per heavy atom. The molecule has 5 heteroatoms. The molecule has 0 saturated heterocycles. The third kappa shape index (κ3) is 2.44. The Morgan fingerprint density at radius 3 is 2.73 bits per heavy atom. The van der Waals surface area contributed by atoms with Gasteiger partial charge < -0.3 is 0 Å². The van der Waals surface area contributed by atoms with E-state index < -0.39 is 10.1 Å². The predicted molar refractivity (Wildman–Crippen MR) is 86.1 cm³/mol. The Kier molecular flexibility index (Phi) is 3.38. The van der Waals surface area contributed by atoms with E-state index in [1.165, 1.54) is 11.8 Å². The van der Waals surface area contributed by atoms with Gasteiger partial charge in [-0.3, -0.25) is 4.55 Å². The van der Waals surface area contributed by atoms with Crippen molar-refractivity contribution in [1.29, 1.82) is 0 Å². The van der Waals surface area contributed by atoms with Crippen LogP contribution in [0.2, 0.25) is 0 Å². The van der Waals surface area contributed by atoms with Crippen molar-refractivity contribution in [2.45, 2.75) is 32.1 Å². The summed E-state index contributed by atoms with van der Waals surface area (Å²) in [5.41, 5.74) is 3.17. The van der Waals surface area contributed by atoms with Crippen LogP contribution in [0.25, 0.3) is 0 Å². The molecule has 1 aromatic carbocycles. The molecule has 0 aromatic heterocycles. The van der Waals surface area contributed by atoms with Crippen LogP contribution in [-0.4, -0.2) is 23.8 Å². The Balaban J connectivity index is 2.02. The highest BCUT2D eigenvalue weighted by Gasteiger charge is 2.37. The maximum atomic E-state index is 11.3. The highest BCUT2D eigenvalue weighted by Crippen LogP contribution is 2.40. The first-order valence-corrected chi connectivity index (χ1v) is 8.76. The third-order valence-corrected chi connectivity index (χ3v) is 5.58. The molecule has 3 rings (SSSR count). The molecular weight excluding hydrogens is 298 g/mol. The average Bonchev–Trinajstić information content (AvgIpc) is 2.84. The summed E-state index contributed by atoms with van der Waals surface area (Å²) in [4.78, 5) is -0.0487. The van der Waals surface area contributed by atoms with Gasteiger partial charge >= 0.3 is 0 Å². The molecule has 1 aliphatic carbocycles. The fourth-order valence-corrected chi connectivity index (χ4v) is 3.54. The normalized spacial score (nSPS) is 23.0. The second kappa shape index (κ2) is 4.89. The van der Waals surface area contributed by atoms with Gasteiger partial charge in [0.2, 0.25) is 5.69 Å². The SMILES string of the molecule is CC1C([N+]2=CCc3cc(S(=O)(=O)O)ccc32)=CC=CC1(C)C. The molecule has 1 aliphatic heterocycles. The highest BCUT2D eigenvalue weighted by molar-refractivity contribution is 7.85. The van der Waals surface area contributed by atoms with Crippen LogP contribution in [0.5, 0.6) is 0 Å². The minimum Gasteiger partial charge on any atom is -0.282 e. The van der Waals surface area contributed by atoms with E-state index in [1.807, 2.05) is 0 Å². The van der Waals surface area contributed by atoms with Crippen molar-refractivity contribution >= 4 is 22.0 Å².